The maximum Gasteiger partial charge on any atom is 0.220 e. The van der Waals surface area contributed by atoms with Crippen molar-refractivity contribution in [1.29, 1.82) is 0 Å². The predicted octanol–water partition coefficient (Wildman–Crippen LogP) is 3.03. The Morgan fingerprint density at radius 2 is 1.60 bits per heavy atom. The van der Waals surface area contributed by atoms with E-state index in [1.807, 2.05) is 0 Å². The molecular weight excluding hydrogens is 254 g/mol. The van der Waals surface area contributed by atoms with Crippen molar-refractivity contribution >= 4 is 5.91 Å². The van der Waals surface area contributed by atoms with Crippen LogP contribution in [0.15, 0.2) is 0 Å². The molecule has 0 aromatic carbocycles. The fourth-order valence-electron chi connectivity index (χ4n) is 2.24. The molecule has 0 saturated carbocycles. The van der Waals surface area contributed by atoms with E-state index in [1.165, 1.54) is 44.9 Å². The smallest absolute Gasteiger partial charge is 0.220 e. The molecule has 1 unspecified atom stereocenters. The third-order valence-electron chi connectivity index (χ3n) is 3.46. The Bertz CT molecular complexity index is 222. The van der Waals surface area contributed by atoms with Crippen LogP contribution in [0.4, 0.5) is 0 Å². The van der Waals surface area contributed by atoms with Gasteiger partial charge in [-0.05, 0) is 6.42 Å². The molecule has 1 amide bonds. The molecule has 4 nitrogen and oxygen atoms in total. The average Bonchev–Trinajstić information content (AvgIpc) is 2.45. The molecule has 0 heterocycles. The van der Waals surface area contributed by atoms with E-state index in [9.17, 15) is 4.79 Å². The number of ether oxygens (including phenoxy) is 1. The molecule has 0 aliphatic heterocycles. The number of hydrogen-bond acceptors (Lipinski definition) is 3. The summed E-state index contributed by atoms with van der Waals surface area (Å²) in [6, 6.07) is -0.272. The van der Waals surface area contributed by atoms with Crippen molar-refractivity contribution in [2.24, 2.45) is 0 Å². The van der Waals surface area contributed by atoms with Gasteiger partial charge in [0.05, 0.1) is 19.3 Å². The fourth-order valence-corrected chi connectivity index (χ4v) is 2.24. The van der Waals surface area contributed by atoms with E-state index in [4.69, 9.17) is 9.84 Å². The standard InChI is InChI=1S/C16H33NO3/c1-3-4-5-6-7-8-9-10-11-12-16(19)17-15(13-18)14-20-2/h15,18H,3-14H2,1-2H3,(H,17,19). The molecular formula is C16H33NO3. The van der Waals surface area contributed by atoms with Crippen LogP contribution in [0.1, 0.15) is 71.1 Å². The van der Waals surface area contributed by atoms with E-state index in [-0.39, 0.29) is 18.6 Å². The summed E-state index contributed by atoms with van der Waals surface area (Å²) in [6.07, 6.45) is 11.8. The molecule has 0 bridgehead atoms. The summed E-state index contributed by atoms with van der Waals surface area (Å²) in [4.78, 5) is 11.6. The van der Waals surface area contributed by atoms with Crippen molar-refractivity contribution in [3.8, 4) is 0 Å². The number of methoxy groups -OCH3 is 1. The van der Waals surface area contributed by atoms with Crippen LogP contribution in [0.2, 0.25) is 0 Å². The first-order valence-electron chi connectivity index (χ1n) is 8.13. The zero-order valence-electron chi connectivity index (χ0n) is 13.3. The molecule has 0 rings (SSSR count). The van der Waals surface area contributed by atoms with Crippen molar-refractivity contribution in [3.63, 3.8) is 0 Å². The Labute approximate surface area is 124 Å². The molecule has 0 aliphatic carbocycles. The van der Waals surface area contributed by atoms with Crippen molar-refractivity contribution in [2.45, 2.75) is 77.2 Å². The van der Waals surface area contributed by atoms with Gasteiger partial charge >= 0.3 is 0 Å². The zero-order chi connectivity index (χ0) is 15.1. The van der Waals surface area contributed by atoms with Gasteiger partial charge in [-0.2, -0.15) is 0 Å². The summed E-state index contributed by atoms with van der Waals surface area (Å²) in [5.41, 5.74) is 0. The second-order valence-electron chi connectivity index (χ2n) is 5.48. The highest BCUT2D eigenvalue weighted by molar-refractivity contribution is 5.76. The average molecular weight is 287 g/mol. The zero-order valence-corrected chi connectivity index (χ0v) is 13.3. The molecule has 120 valence electrons. The lowest BCUT2D eigenvalue weighted by atomic mass is 10.1. The van der Waals surface area contributed by atoms with E-state index in [2.05, 4.69) is 12.2 Å². The predicted molar refractivity (Wildman–Crippen MR) is 82.7 cm³/mol. The largest absolute Gasteiger partial charge is 0.394 e. The number of hydrogen-bond donors (Lipinski definition) is 2. The minimum atomic E-state index is -0.272. The molecule has 4 heteroatoms. The second kappa shape index (κ2) is 14.8. The van der Waals surface area contributed by atoms with E-state index in [0.717, 1.165) is 12.8 Å². The van der Waals surface area contributed by atoms with Gasteiger partial charge in [-0.15, -0.1) is 0 Å². The van der Waals surface area contributed by atoms with Crippen molar-refractivity contribution in [1.82, 2.24) is 5.32 Å². The molecule has 0 aliphatic rings. The second-order valence-corrected chi connectivity index (χ2v) is 5.48. The van der Waals surface area contributed by atoms with Gasteiger partial charge in [0.15, 0.2) is 0 Å². The SMILES string of the molecule is CCCCCCCCCCCC(=O)NC(CO)COC. The Morgan fingerprint density at radius 1 is 1.05 bits per heavy atom. The van der Waals surface area contributed by atoms with Gasteiger partial charge < -0.3 is 15.2 Å². The first-order chi connectivity index (χ1) is 9.74. The van der Waals surface area contributed by atoms with Gasteiger partial charge in [0.25, 0.3) is 0 Å². The van der Waals surface area contributed by atoms with Gasteiger partial charge in [0, 0.05) is 13.5 Å². The van der Waals surface area contributed by atoms with Crippen LogP contribution in [0.25, 0.3) is 0 Å². The molecule has 0 saturated heterocycles. The minimum Gasteiger partial charge on any atom is -0.394 e. The van der Waals surface area contributed by atoms with Crippen LogP contribution < -0.4 is 5.32 Å². The molecule has 2 N–H and O–H groups in total. The topological polar surface area (TPSA) is 58.6 Å². The van der Waals surface area contributed by atoms with E-state index in [0.29, 0.717) is 13.0 Å². The Hall–Kier alpha value is -0.610. The van der Waals surface area contributed by atoms with Crippen LogP contribution >= 0.6 is 0 Å². The Morgan fingerprint density at radius 3 is 2.10 bits per heavy atom. The first-order valence-corrected chi connectivity index (χ1v) is 8.13. The van der Waals surface area contributed by atoms with Crippen molar-refractivity contribution < 1.29 is 14.6 Å². The van der Waals surface area contributed by atoms with E-state index >= 15 is 0 Å². The lowest BCUT2D eigenvalue weighted by Crippen LogP contribution is -2.40. The van der Waals surface area contributed by atoms with Crippen molar-refractivity contribution in [3.05, 3.63) is 0 Å². The van der Waals surface area contributed by atoms with Gasteiger partial charge in [-0.3, -0.25) is 4.79 Å². The molecule has 0 spiro atoms. The third kappa shape index (κ3) is 12.4. The van der Waals surface area contributed by atoms with Gasteiger partial charge in [0.1, 0.15) is 0 Å². The summed E-state index contributed by atoms with van der Waals surface area (Å²) >= 11 is 0. The lowest BCUT2D eigenvalue weighted by molar-refractivity contribution is -0.122. The number of aliphatic hydroxyl groups excluding tert-OH is 1. The molecule has 20 heavy (non-hydrogen) atoms. The van der Waals surface area contributed by atoms with Crippen LogP contribution in [0, 0.1) is 0 Å². The van der Waals surface area contributed by atoms with Gasteiger partial charge in [0.2, 0.25) is 5.91 Å². The number of amides is 1. The summed E-state index contributed by atoms with van der Waals surface area (Å²) in [5.74, 6) is 0.0176. The minimum absolute atomic E-state index is 0.0176. The Balaban J connectivity index is 3.34. The summed E-state index contributed by atoms with van der Waals surface area (Å²) in [5, 5.41) is 11.8. The highest BCUT2D eigenvalue weighted by atomic mass is 16.5. The number of rotatable bonds is 14. The molecule has 0 fully saturated rings. The lowest BCUT2D eigenvalue weighted by Gasteiger charge is -2.14. The van der Waals surface area contributed by atoms with Crippen LogP contribution in [0.3, 0.4) is 0 Å². The number of carbonyl (C=O) groups is 1. The molecule has 0 aromatic heterocycles. The quantitative estimate of drug-likeness (QED) is 0.483. The van der Waals surface area contributed by atoms with Crippen LogP contribution in [0.5, 0.6) is 0 Å². The van der Waals surface area contributed by atoms with Crippen molar-refractivity contribution in [2.75, 3.05) is 20.3 Å². The van der Waals surface area contributed by atoms with Crippen LogP contribution in [-0.2, 0) is 9.53 Å². The van der Waals surface area contributed by atoms with Gasteiger partial charge in [-0.25, -0.2) is 0 Å². The number of aliphatic hydroxyl groups is 1. The fraction of sp³-hybridized carbons (Fsp3) is 0.938. The third-order valence-corrected chi connectivity index (χ3v) is 3.46. The highest BCUT2D eigenvalue weighted by Gasteiger charge is 2.10. The van der Waals surface area contributed by atoms with Gasteiger partial charge in [-0.1, -0.05) is 58.3 Å². The molecule has 0 aromatic rings. The van der Waals surface area contributed by atoms with Crippen LogP contribution in [-0.4, -0.2) is 37.4 Å². The number of carbonyl (C=O) groups excluding carboxylic acids is 1. The highest BCUT2D eigenvalue weighted by Crippen LogP contribution is 2.10. The number of nitrogens with one attached hydrogen (secondary N) is 1. The normalized spacial score (nSPS) is 12.3. The summed E-state index contributed by atoms with van der Waals surface area (Å²) in [6.45, 7) is 2.52. The summed E-state index contributed by atoms with van der Waals surface area (Å²) < 4.78 is 4.92. The molecule has 0 radical (unpaired) electrons. The molecule has 1 atom stereocenters. The Kier molecular flexibility index (Phi) is 14.3. The van der Waals surface area contributed by atoms with E-state index in [1.54, 1.807) is 7.11 Å². The maximum absolute atomic E-state index is 11.6. The first kappa shape index (κ1) is 19.4. The monoisotopic (exact) mass is 287 g/mol. The van der Waals surface area contributed by atoms with E-state index < -0.39 is 0 Å². The number of unbranched alkanes of at least 4 members (excludes halogenated alkanes) is 8. The maximum atomic E-state index is 11.6. The summed E-state index contributed by atoms with van der Waals surface area (Å²) in [7, 11) is 1.56.